The van der Waals surface area contributed by atoms with Crippen molar-refractivity contribution in [2.24, 2.45) is 22.4 Å². The van der Waals surface area contributed by atoms with Gasteiger partial charge in [-0.05, 0) is 85.0 Å². The van der Waals surface area contributed by atoms with Gasteiger partial charge in [0.1, 0.15) is 0 Å². The summed E-state index contributed by atoms with van der Waals surface area (Å²) in [4.78, 5) is 0. The number of nitrogens with two attached hydrogens (primary N) is 1. The Morgan fingerprint density at radius 3 is 2.60 bits per heavy atom. The van der Waals surface area contributed by atoms with E-state index in [0.29, 0.717) is 18.3 Å². The Morgan fingerprint density at radius 2 is 1.93 bits per heavy atom. The molecule has 3 aliphatic rings. The molecule has 6 nitrogen and oxygen atoms in total. The Kier molecular flexibility index (Phi) is 5.26. The predicted octanol–water partition coefficient (Wildman–Crippen LogP) is 3.43. The molecule has 2 saturated carbocycles. The van der Waals surface area contributed by atoms with Crippen molar-refractivity contribution >= 4 is 10.3 Å². The molecule has 0 bridgehead atoms. The second-order valence-corrected chi connectivity index (χ2v) is 10.2. The van der Waals surface area contributed by atoms with E-state index in [0.717, 1.165) is 43.2 Å². The fourth-order valence-corrected chi connectivity index (χ4v) is 6.39. The zero-order valence-corrected chi connectivity index (χ0v) is 17.4. The predicted molar refractivity (Wildman–Crippen MR) is 102 cm³/mol. The van der Waals surface area contributed by atoms with Crippen LogP contribution < -0.4 is 14.1 Å². The maximum atomic E-state index is 12.7. The van der Waals surface area contributed by atoms with Gasteiger partial charge >= 0.3 is 16.5 Å². The van der Waals surface area contributed by atoms with Crippen molar-refractivity contribution in [2.45, 2.75) is 63.6 Å². The van der Waals surface area contributed by atoms with Crippen molar-refractivity contribution in [2.75, 3.05) is 6.61 Å². The first kappa shape index (κ1) is 21.7. The number of hydrogen-bond donors (Lipinski definition) is 2. The average Bonchev–Trinajstić information content (AvgIpc) is 2.93. The molecule has 1 aromatic carbocycles. The molecule has 3 aliphatic carbocycles. The summed E-state index contributed by atoms with van der Waals surface area (Å²) in [6, 6.07) is 2.94. The SMILES string of the molecule is C[C@]12CCC3c4cc(OCC(F)(F)F)c(OS(N)(=O)=O)cc4CCC3C1CC[C@@H]2O. The Bertz CT molecular complexity index is 935. The summed E-state index contributed by atoms with van der Waals surface area (Å²) in [5.74, 6) is 0.221. The Morgan fingerprint density at radius 1 is 1.20 bits per heavy atom. The van der Waals surface area contributed by atoms with Gasteiger partial charge in [-0.25, -0.2) is 0 Å². The van der Waals surface area contributed by atoms with Crippen molar-refractivity contribution in [3.05, 3.63) is 23.3 Å². The Balaban J connectivity index is 1.70. The zero-order chi connectivity index (χ0) is 21.9. The van der Waals surface area contributed by atoms with Crippen LogP contribution in [-0.2, 0) is 16.7 Å². The minimum absolute atomic E-state index is 0.120. The Labute approximate surface area is 173 Å². The molecule has 3 unspecified atom stereocenters. The molecule has 0 saturated heterocycles. The van der Waals surface area contributed by atoms with E-state index in [1.807, 2.05) is 0 Å². The van der Waals surface area contributed by atoms with Crippen LogP contribution >= 0.6 is 0 Å². The molecule has 0 aliphatic heterocycles. The van der Waals surface area contributed by atoms with E-state index in [4.69, 9.17) is 14.1 Å². The van der Waals surface area contributed by atoms with E-state index in [1.54, 1.807) is 0 Å². The molecule has 4 rings (SSSR count). The number of hydrogen-bond acceptors (Lipinski definition) is 5. The molecular formula is C20H26F3NO5S. The van der Waals surface area contributed by atoms with E-state index in [-0.39, 0.29) is 28.9 Å². The lowest BCUT2D eigenvalue weighted by atomic mass is 9.55. The summed E-state index contributed by atoms with van der Waals surface area (Å²) in [7, 11) is -4.42. The average molecular weight is 449 g/mol. The highest BCUT2D eigenvalue weighted by Gasteiger charge is 2.54. The lowest BCUT2D eigenvalue weighted by Crippen LogP contribution is -2.43. The summed E-state index contributed by atoms with van der Waals surface area (Å²) in [5.41, 5.74) is 1.61. The van der Waals surface area contributed by atoms with Crippen LogP contribution in [-0.4, -0.2) is 32.4 Å². The van der Waals surface area contributed by atoms with Crippen LogP contribution in [0.2, 0.25) is 0 Å². The maximum absolute atomic E-state index is 12.7. The third-order valence-electron chi connectivity index (χ3n) is 7.34. The number of benzene rings is 1. The van der Waals surface area contributed by atoms with Gasteiger partial charge in [0.25, 0.3) is 0 Å². The van der Waals surface area contributed by atoms with Gasteiger partial charge in [-0.1, -0.05) is 6.92 Å². The number of halogens is 3. The number of ether oxygens (including phenoxy) is 1. The largest absolute Gasteiger partial charge is 0.480 e. The van der Waals surface area contributed by atoms with Crippen LogP contribution in [0.4, 0.5) is 13.2 Å². The Hall–Kier alpha value is -1.52. The van der Waals surface area contributed by atoms with E-state index in [9.17, 15) is 26.7 Å². The topological polar surface area (TPSA) is 98.9 Å². The summed E-state index contributed by atoms with van der Waals surface area (Å²) in [6.07, 6.45) is 0.00677. The third-order valence-corrected chi connectivity index (χ3v) is 7.75. The smallest absolute Gasteiger partial charge is 0.422 e. The first-order chi connectivity index (χ1) is 13.9. The summed E-state index contributed by atoms with van der Waals surface area (Å²) in [6.45, 7) is 0.579. The molecule has 3 N–H and O–H groups in total. The van der Waals surface area contributed by atoms with E-state index in [1.165, 1.54) is 12.1 Å². The van der Waals surface area contributed by atoms with Crippen LogP contribution in [0.25, 0.3) is 0 Å². The number of aliphatic hydroxyl groups is 1. The minimum atomic E-state index is -4.58. The third kappa shape index (κ3) is 4.01. The standard InChI is InChI=1S/C20H26F3NO5S/c1-19-7-6-12-13(15(19)4-5-18(19)25)3-2-11-8-17(29-30(24,26)27)16(9-14(11)12)28-10-20(21,22)23/h8-9,12-13,15,18,25H,2-7,10H2,1H3,(H2,24,26,27)/t12?,13?,15?,18-,19-/m0/s1. The van der Waals surface area contributed by atoms with Gasteiger partial charge in [0.05, 0.1) is 6.10 Å². The van der Waals surface area contributed by atoms with Crippen molar-refractivity contribution in [3.63, 3.8) is 0 Å². The summed E-state index contributed by atoms with van der Waals surface area (Å²) < 4.78 is 70.6. The first-order valence-electron chi connectivity index (χ1n) is 10.1. The van der Waals surface area contributed by atoms with Crippen LogP contribution in [0.15, 0.2) is 12.1 Å². The van der Waals surface area contributed by atoms with Gasteiger partial charge in [0, 0.05) is 0 Å². The van der Waals surface area contributed by atoms with Crippen LogP contribution in [0.5, 0.6) is 11.5 Å². The normalized spacial score (nSPS) is 33.4. The molecule has 0 radical (unpaired) electrons. The number of aliphatic hydroxyl groups excluding tert-OH is 1. The monoisotopic (exact) mass is 449 g/mol. The van der Waals surface area contributed by atoms with Crippen LogP contribution in [0.1, 0.15) is 56.1 Å². The first-order valence-corrected chi connectivity index (χ1v) is 11.6. The molecule has 0 spiro atoms. The minimum Gasteiger partial charge on any atom is -0.480 e. The molecular weight excluding hydrogens is 423 g/mol. The molecule has 10 heteroatoms. The second kappa shape index (κ2) is 7.27. The molecule has 1 aromatic rings. The van der Waals surface area contributed by atoms with Gasteiger partial charge < -0.3 is 14.0 Å². The molecule has 0 aromatic heterocycles. The van der Waals surface area contributed by atoms with Crippen LogP contribution in [0, 0.1) is 17.3 Å². The summed E-state index contributed by atoms with van der Waals surface area (Å²) in [5, 5.41) is 15.4. The van der Waals surface area contributed by atoms with Gasteiger partial charge in [0.2, 0.25) is 0 Å². The van der Waals surface area contributed by atoms with E-state index in [2.05, 4.69) is 6.92 Å². The molecule has 0 amide bonds. The fraction of sp³-hybridized carbons (Fsp3) is 0.700. The number of rotatable bonds is 4. The second-order valence-electron chi connectivity index (χ2n) is 9.03. The summed E-state index contributed by atoms with van der Waals surface area (Å²) >= 11 is 0. The van der Waals surface area contributed by atoms with Gasteiger partial charge in [-0.3, -0.25) is 0 Å². The highest BCUT2D eigenvalue weighted by atomic mass is 32.2. The molecule has 168 valence electrons. The van der Waals surface area contributed by atoms with Gasteiger partial charge in [-0.2, -0.15) is 26.7 Å². The quantitative estimate of drug-likeness (QED) is 0.734. The fourth-order valence-electron chi connectivity index (χ4n) is 6.01. The van der Waals surface area contributed by atoms with Crippen LogP contribution in [0.3, 0.4) is 0 Å². The van der Waals surface area contributed by atoms with Crippen molar-refractivity contribution in [1.29, 1.82) is 0 Å². The van der Waals surface area contributed by atoms with Crippen molar-refractivity contribution < 1.29 is 35.6 Å². The maximum Gasteiger partial charge on any atom is 0.422 e. The number of alkyl halides is 3. The molecule has 0 heterocycles. The molecule has 30 heavy (non-hydrogen) atoms. The molecule has 5 atom stereocenters. The van der Waals surface area contributed by atoms with Gasteiger partial charge in [-0.15, -0.1) is 0 Å². The molecule has 2 fully saturated rings. The van der Waals surface area contributed by atoms with Crippen molar-refractivity contribution in [3.8, 4) is 11.5 Å². The highest BCUT2D eigenvalue weighted by molar-refractivity contribution is 7.84. The van der Waals surface area contributed by atoms with Gasteiger partial charge in [0.15, 0.2) is 18.1 Å². The number of aryl methyl sites for hydroxylation is 1. The van der Waals surface area contributed by atoms with E-state index >= 15 is 0 Å². The highest BCUT2D eigenvalue weighted by Crippen LogP contribution is 2.61. The zero-order valence-electron chi connectivity index (χ0n) is 16.6. The van der Waals surface area contributed by atoms with Crippen molar-refractivity contribution in [1.82, 2.24) is 0 Å². The number of fused-ring (bicyclic) bond motifs is 5. The lowest BCUT2D eigenvalue weighted by molar-refractivity contribution is -0.153. The lowest BCUT2D eigenvalue weighted by Gasteiger charge is -2.50. The van der Waals surface area contributed by atoms with E-state index < -0.39 is 23.1 Å².